The molecular formula is C17H18BrNO. The largest absolute Gasteiger partial charge is 0.372 e. The van der Waals surface area contributed by atoms with Gasteiger partial charge >= 0.3 is 0 Å². The summed E-state index contributed by atoms with van der Waals surface area (Å²) in [5, 5.41) is 3.42. The second kappa shape index (κ2) is 6.08. The first-order valence-corrected chi connectivity index (χ1v) is 7.66. The third-order valence-electron chi connectivity index (χ3n) is 3.83. The van der Waals surface area contributed by atoms with Crippen molar-refractivity contribution < 1.29 is 4.74 Å². The first-order chi connectivity index (χ1) is 9.76. The molecule has 0 aromatic heterocycles. The molecule has 0 bridgehead atoms. The Hall–Kier alpha value is -1.16. The van der Waals surface area contributed by atoms with Crippen molar-refractivity contribution in [3.05, 3.63) is 69.2 Å². The van der Waals surface area contributed by atoms with Crippen molar-refractivity contribution in [3.8, 4) is 0 Å². The second-order valence-corrected chi connectivity index (χ2v) is 6.11. The van der Waals surface area contributed by atoms with Gasteiger partial charge in [-0.15, -0.1) is 0 Å². The molecule has 1 unspecified atom stereocenters. The maximum absolute atomic E-state index is 5.49. The lowest BCUT2D eigenvalue weighted by Gasteiger charge is -2.18. The summed E-state index contributed by atoms with van der Waals surface area (Å²) in [6, 6.07) is 15.5. The van der Waals surface area contributed by atoms with E-state index in [1.165, 1.54) is 22.3 Å². The zero-order chi connectivity index (χ0) is 13.9. The molecule has 0 aliphatic carbocycles. The second-order valence-electron chi connectivity index (χ2n) is 5.20. The zero-order valence-electron chi connectivity index (χ0n) is 11.5. The summed E-state index contributed by atoms with van der Waals surface area (Å²) in [6.07, 6.45) is 0.982. The van der Waals surface area contributed by atoms with E-state index in [2.05, 4.69) is 63.7 Å². The SMILES string of the molecule is CNC(Cc1cccc(Br)c1)c1ccc2c(c1)COC2. The molecule has 1 heterocycles. The van der Waals surface area contributed by atoms with Crippen LogP contribution in [-0.4, -0.2) is 7.05 Å². The van der Waals surface area contributed by atoms with E-state index in [0.717, 1.165) is 24.1 Å². The number of ether oxygens (including phenoxy) is 1. The van der Waals surface area contributed by atoms with Crippen LogP contribution in [0.15, 0.2) is 46.9 Å². The van der Waals surface area contributed by atoms with Crippen molar-refractivity contribution in [1.82, 2.24) is 5.32 Å². The van der Waals surface area contributed by atoms with E-state index in [-0.39, 0.29) is 0 Å². The topological polar surface area (TPSA) is 21.3 Å². The van der Waals surface area contributed by atoms with Gasteiger partial charge in [-0.25, -0.2) is 0 Å². The van der Waals surface area contributed by atoms with Crippen molar-refractivity contribution in [3.63, 3.8) is 0 Å². The van der Waals surface area contributed by atoms with Gasteiger partial charge in [-0.2, -0.15) is 0 Å². The van der Waals surface area contributed by atoms with E-state index in [4.69, 9.17) is 4.74 Å². The van der Waals surface area contributed by atoms with Gasteiger partial charge < -0.3 is 10.1 Å². The molecule has 0 fully saturated rings. The van der Waals surface area contributed by atoms with Crippen LogP contribution in [0, 0.1) is 0 Å². The number of fused-ring (bicyclic) bond motifs is 1. The zero-order valence-corrected chi connectivity index (χ0v) is 13.1. The van der Waals surface area contributed by atoms with E-state index in [0.29, 0.717) is 6.04 Å². The van der Waals surface area contributed by atoms with Crippen LogP contribution in [0.3, 0.4) is 0 Å². The molecule has 0 saturated carbocycles. The van der Waals surface area contributed by atoms with Gasteiger partial charge in [-0.1, -0.05) is 46.3 Å². The Labute approximate surface area is 128 Å². The van der Waals surface area contributed by atoms with Crippen molar-refractivity contribution >= 4 is 15.9 Å². The van der Waals surface area contributed by atoms with E-state index in [9.17, 15) is 0 Å². The maximum atomic E-state index is 5.49. The third kappa shape index (κ3) is 2.95. The fourth-order valence-corrected chi connectivity index (χ4v) is 3.14. The lowest BCUT2D eigenvalue weighted by molar-refractivity contribution is 0.134. The molecule has 1 atom stereocenters. The molecular weight excluding hydrogens is 314 g/mol. The summed E-state index contributed by atoms with van der Waals surface area (Å²) >= 11 is 3.53. The molecule has 2 aromatic rings. The van der Waals surface area contributed by atoms with Crippen LogP contribution < -0.4 is 5.32 Å². The van der Waals surface area contributed by atoms with Gasteiger partial charge in [0.05, 0.1) is 13.2 Å². The van der Waals surface area contributed by atoms with Crippen LogP contribution in [0.5, 0.6) is 0 Å². The van der Waals surface area contributed by atoms with Crippen molar-refractivity contribution in [1.29, 1.82) is 0 Å². The summed E-state index contributed by atoms with van der Waals surface area (Å²) in [4.78, 5) is 0. The summed E-state index contributed by atoms with van der Waals surface area (Å²) in [7, 11) is 2.02. The van der Waals surface area contributed by atoms with Crippen molar-refractivity contribution in [2.24, 2.45) is 0 Å². The minimum Gasteiger partial charge on any atom is -0.372 e. The van der Waals surface area contributed by atoms with Gasteiger partial charge in [0.1, 0.15) is 0 Å². The third-order valence-corrected chi connectivity index (χ3v) is 4.32. The van der Waals surface area contributed by atoms with Crippen LogP contribution in [0.1, 0.15) is 28.3 Å². The molecule has 104 valence electrons. The maximum Gasteiger partial charge on any atom is 0.0725 e. The minimum atomic E-state index is 0.329. The molecule has 3 rings (SSSR count). The normalized spacial score (nSPS) is 15.1. The molecule has 0 saturated heterocycles. The van der Waals surface area contributed by atoms with Crippen LogP contribution in [-0.2, 0) is 24.4 Å². The Kier molecular flexibility index (Phi) is 4.20. The number of hydrogen-bond acceptors (Lipinski definition) is 2. The molecule has 1 N–H and O–H groups in total. The Balaban J connectivity index is 1.83. The Morgan fingerprint density at radius 3 is 2.80 bits per heavy atom. The lowest BCUT2D eigenvalue weighted by atomic mass is 9.96. The van der Waals surface area contributed by atoms with Crippen molar-refractivity contribution in [2.45, 2.75) is 25.7 Å². The molecule has 2 aromatic carbocycles. The first-order valence-electron chi connectivity index (χ1n) is 6.87. The first kappa shape index (κ1) is 13.8. The number of halogens is 1. The minimum absolute atomic E-state index is 0.329. The molecule has 2 nitrogen and oxygen atoms in total. The summed E-state index contributed by atoms with van der Waals surface area (Å²) in [5.41, 5.74) is 5.32. The Morgan fingerprint density at radius 2 is 2.00 bits per heavy atom. The molecule has 1 aliphatic rings. The number of hydrogen-bond donors (Lipinski definition) is 1. The van der Waals surface area contributed by atoms with Gasteiger partial charge in [-0.05, 0) is 47.9 Å². The van der Waals surface area contributed by atoms with Crippen LogP contribution in [0.25, 0.3) is 0 Å². The Bertz CT molecular complexity index is 612. The monoisotopic (exact) mass is 331 g/mol. The van der Waals surface area contributed by atoms with Gasteiger partial charge in [0.25, 0.3) is 0 Å². The van der Waals surface area contributed by atoms with Gasteiger partial charge in [0.2, 0.25) is 0 Å². The molecule has 0 radical (unpaired) electrons. The van der Waals surface area contributed by atoms with E-state index < -0.39 is 0 Å². The molecule has 20 heavy (non-hydrogen) atoms. The van der Waals surface area contributed by atoms with Crippen LogP contribution >= 0.6 is 15.9 Å². The number of benzene rings is 2. The standard InChI is InChI=1S/C17H18BrNO/c1-19-17(8-12-3-2-4-16(18)7-12)13-5-6-14-10-20-11-15(14)9-13/h2-7,9,17,19H,8,10-11H2,1H3. The fraction of sp³-hybridized carbons (Fsp3) is 0.294. The molecule has 0 amide bonds. The highest BCUT2D eigenvalue weighted by molar-refractivity contribution is 9.10. The quantitative estimate of drug-likeness (QED) is 0.914. The van der Waals surface area contributed by atoms with E-state index >= 15 is 0 Å². The average molecular weight is 332 g/mol. The lowest BCUT2D eigenvalue weighted by Crippen LogP contribution is -2.19. The average Bonchev–Trinajstić information content (AvgIpc) is 2.92. The highest BCUT2D eigenvalue weighted by atomic mass is 79.9. The predicted molar refractivity (Wildman–Crippen MR) is 84.6 cm³/mol. The van der Waals surface area contributed by atoms with Gasteiger partial charge in [0.15, 0.2) is 0 Å². The number of nitrogens with one attached hydrogen (secondary N) is 1. The van der Waals surface area contributed by atoms with Gasteiger partial charge in [-0.3, -0.25) is 0 Å². The molecule has 0 spiro atoms. The Morgan fingerprint density at radius 1 is 1.15 bits per heavy atom. The smallest absolute Gasteiger partial charge is 0.0725 e. The van der Waals surface area contributed by atoms with E-state index in [1.54, 1.807) is 0 Å². The van der Waals surface area contributed by atoms with Crippen LogP contribution in [0.4, 0.5) is 0 Å². The van der Waals surface area contributed by atoms with Crippen LogP contribution in [0.2, 0.25) is 0 Å². The highest BCUT2D eigenvalue weighted by Gasteiger charge is 2.15. The highest BCUT2D eigenvalue weighted by Crippen LogP contribution is 2.26. The molecule has 1 aliphatic heterocycles. The summed E-state index contributed by atoms with van der Waals surface area (Å²) in [6.45, 7) is 1.50. The predicted octanol–water partition coefficient (Wildman–Crippen LogP) is 3.98. The number of rotatable bonds is 4. The summed E-state index contributed by atoms with van der Waals surface area (Å²) in [5.74, 6) is 0. The molecule has 3 heteroatoms. The van der Waals surface area contributed by atoms with E-state index in [1.807, 2.05) is 7.05 Å². The number of likely N-dealkylation sites (N-methyl/N-ethyl adjacent to an activating group) is 1. The van der Waals surface area contributed by atoms with Gasteiger partial charge in [0, 0.05) is 10.5 Å². The van der Waals surface area contributed by atoms with Crippen molar-refractivity contribution in [2.75, 3.05) is 7.05 Å². The summed E-state index contributed by atoms with van der Waals surface area (Å²) < 4.78 is 6.62. The fourth-order valence-electron chi connectivity index (χ4n) is 2.69.